The Labute approximate surface area is 230 Å². The van der Waals surface area contributed by atoms with Crippen molar-refractivity contribution in [3.8, 4) is 5.69 Å². The smallest absolute Gasteiger partial charge is 0.259 e. The van der Waals surface area contributed by atoms with Crippen LogP contribution in [0.4, 0.5) is 8.78 Å². The fraction of sp³-hybridized carbons (Fsp3) is 0.148. The van der Waals surface area contributed by atoms with E-state index in [1.54, 1.807) is 13.8 Å². The predicted octanol–water partition coefficient (Wildman–Crippen LogP) is 5.27. The maximum Gasteiger partial charge on any atom is 0.259 e. The SMILES string of the molecule is Cc1ncn(-c2cc(Cl)c(C(=O)NCC(c3ccc(F)cc3)c3nc4c(F)ccc(C)c4c(=O)[nH]3)c(Cl)c2)n1. The molecule has 0 bridgehead atoms. The van der Waals surface area contributed by atoms with Crippen LogP contribution in [0, 0.1) is 25.5 Å². The Morgan fingerprint density at radius 3 is 2.41 bits per heavy atom. The Morgan fingerprint density at radius 1 is 1.08 bits per heavy atom. The number of hydrogen-bond acceptors (Lipinski definition) is 5. The average molecular weight is 569 g/mol. The Hall–Kier alpha value is -4.15. The van der Waals surface area contributed by atoms with E-state index < -0.39 is 29.0 Å². The van der Waals surface area contributed by atoms with Gasteiger partial charge in [0.15, 0.2) is 0 Å². The van der Waals surface area contributed by atoms with E-state index in [0.29, 0.717) is 22.6 Å². The van der Waals surface area contributed by atoms with Gasteiger partial charge in [-0.25, -0.2) is 23.4 Å². The van der Waals surface area contributed by atoms with Gasteiger partial charge < -0.3 is 10.3 Å². The second-order valence-electron chi connectivity index (χ2n) is 8.87. The molecule has 1 amide bonds. The fourth-order valence-corrected chi connectivity index (χ4v) is 4.93. The summed E-state index contributed by atoms with van der Waals surface area (Å²) in [6, 6.07) is 11.3. The summed E-state index contributed by atoms with van der Waals surface area (Å²) in [5.41, 5.74) is 1.00. The van der Waals surface area contributed by atoms with Crippen molar-refractivity contribution in [1.82, 2.24) is 30.0 Å². The van der Waals surface area contributed by atoms with E-state index in [1.807, 2.05) is 0 Å². The van der Waals surface area contributed by atoms with Gasteiger partial charge in [0.05, 0.1) is 32.6 Å². The number of amides is 1. The molecule has 5 rings (SSSR count). The highest BCUT2D eigenvalue weighted by molar-refractivity contribution is 6.40. The number of benzene rings is 3. The van der Waals surface area contributed by atoms with Crippen molar-refractivity contribution in [3.63, 3.8) is 0 Å². The van der Waals surface area contributed by atoms with Gasteiger partial charge in [0.1, 0.15) is 35.1 Å². The summed E-state index contributed by atoms with van der Waals surface area (Å²) in [6.45, 7) is 3.31. The Bertz CT molecular complexity index is 1760. The molecule has 8 nitrogen and oxygen atoms in total. The van der Waals surface area contributed by atoms with E-state index >= 15 is 0 Å². The number of fused-ring (bicyclic) bond motifs is 1. The third-order valence-electron chi connectivity index (χ3n) is 6.23. The lowest BCUT2D eigenvalue weighted by Crippen LogP contribution is -2.31. The quantitative estimate of drug-likeness (QED) is 0.290. The van der Waals surface area contributed by atoms with Gasteiger partial charge in [0.2, 0.25) is 0 Å². The van der Waals surface area contributed by atoms with Crippen LogP contribution in [0.1, 0.15) is 39.1 Å². The molecule has 12 heteroatoms. The molecule has 2 heterocycles. The number of rotatable bonds is 6. The number of halogens is 4. The molecule has 0 aliphatic rings. The molecule has 0 fully saturated rings. The number of aromatic amines is 1. The molecule has 0 saturated carbocycles. The maximum atomic E-state index is 14.7. The lowest BCUT2D eigenvalue weighted by molar-refractivity contribution is 0.0952. The zero-order valence-corrected chi connectivity index (χ0v) is 22.1. The van der Waals surface area contributed by atoms with Crippen LogP contribution < -0.4 is 10.9 Å². The van der Waals surface area contributed by atoms with Crippen molar-refractivity contribution in [3.05, 3.63) is 115 Å². The van der Waals surface area contributed by atoms with Crippen LogP contribution in [0.5, 0.6) is 0 Å². The molecular weight excluding hydrogens is 549 g/mol. The average Bonchev–Trinajstić information content (AvgIpc) is 3.33. The molecule has 0 spiro atoms. The molecule has 1 unspecified atom stereocenters. The van der Waals surface area contributed by atoms with E-state index in [-0.39, 0.29) is 38.9 Å². The topological polar surface area (TPSA) is 106 Å². The van der Waals surface area contributed by atoms with Crippen LogP contribution in [0.15, 0.2) is 59.7 Å². The minimum Gasteiger partial charge on any atom is -0.351 e. The Kier molecular flexibility index (Phi) is 7.16. The van der Waals surface area contributed by atoms with Crippen LogP contribution in [0.3, 0.4) is 0 Å². The molecule has 0 radical (unpaired) electrons. The number of carbonyl (C=O) groups is 1. The van der Waals surface area contributed by atoms with Crippen molar-refractivity contribution in [1.29, 1.82) is 0 Å². The Morgan fingerprint density at radius 2 is 1.77 bits per heavy atom. The lowest BCUT2D eigenvalue weighted by atomic mass is 9.97. The Balaban J connectivity index is 1.50. The number of H-pyrrole nitrogens is 1. The van der Waals surface area contributed by atoms with Gasteiger partial charge in [0.25, 0.3) is 11.5 Å². The van der Waals surface area contributed by atoms with Crippen molar-refractivity contribution < 1.29 is 13.6 Å². The molecule has 39 heavy (non-hydrogen) atoms. The van der Waals surface area contributed by atoms with Gasteiger partial charge in [-0.1, -0.05) is 41.4 Å². The minimum absolute atomic E-state index is 0.0263. The summed E-state index contributed by atoms with van der Waals surface area (Å²) in [5, 5.41) is 7.25. The first kappa shape index (κ1) is 26.5. The molecule has 198 valence electrons. The lowest BCUT2D eigenvalue weighted by Gasteiger charge is -2.19. The largest absolute Gasteiger partial charge is 0.351 e. The first-order valence-electron chi connectivity index (χ1n) is 11.7. The van der Waals surface area contributed by atoms with Gasteiger partial charge in [-0.15, -0.1) is 0 Å². The molecule has 0 aliphatic heterocycles. The van der Waals surface area contributed by atoms with E-state index in [2.05, 4.69) is 25.4 Å². The standard InChI is InChI=1S/C27H20Cl2F2N6O2/c1-13-3-8-21(31)24-22(13)27(39)35-25(34-24)18(15-4-6-16(30)7-5-15)11-32-26(38)23-19(28)9-17(10-20(23)29)37-12-33-14(2)36-37/h3-10,12,18H,11H2,1-2H3,(H,32,38)(H,34,35,39). The number of carbonyl (C=O) groups excluding carboxylic acids is 1. The van der Waals surface area contributed by atoms with Crippen LogP contribution in [-0.2, 0) is 0 Å². The summed E-state index contributed by atoms with van der Waals surface area (Å²) < 4.78 is 29.8. The highest BCUT2D eigenvalue weighted by Gasteiger charge is 2.23. The minimum atomic E-state index is -0.762. The van der Waals surface area contributed by atoms with Gasteiger partial charge in [-0.3, -0.25) is 9.59 Å². The second-order valence-corrected chi connectivity index (χ2v) is 9.69. The first-order chi connectivity index (χ1) is 18.6. The number of nitrogens with zero attached hydrogens (tertiary/aromatic N) is 4. The van der Waals surface area contributed by atoms with Gasteiger partial charge in [0, 0.05) is 6.54 Å². The molecule has 1 atom stereocenters. The molecule has 2 aromatic heterocycles. The molecule has 5 aromatic rings. The van der Waals surface area contributed by atoms with Crippen LogP contribution in [0.25, 0.3) is 16.6 Å². The van der Waals surface area contributed by atoms with Crippen LogP contribution in [-0.4, -0.2) is 37.2 Å². The monoisotopic (exact) mass is 568 g/mol. The summed E-state index contributed by atoms with van der Waals surface area (Å²) in [6.07, 6.45) is 1.49. The predicted molar refractivity (Wildman–Crippen MR) is 144 cm³/mol. The van der Waals surface area contributed by atoms with E-state index in [4.69, 9.17) is 23.2 Å². The normalized spacial score (nSPS) is 12.1. The van der Waals surface area contributed by atoms with Crippen molar-refractivity contribution >= 4 is 40.0 Å². The highest BCUT2D eigenvalue weighted by Crippen LogP contribution is 2.29. The van der Waals surface area contributed by atoms with E-state index in [1.165, 1.54) is 59.5 Å². The number of aromatic nitrogens is 5. The van der Waals surface area contributed by atoms with Crippen molar-refractivity contribution in [2.24, 2.45) is 0 Å². The fourth-order valence-electron chi connectivity index (χ4n) is 4.28. The van der Waals surface area contributed by atoms with E-state index in [9.17, 15) is 18.4 Å². The molecule has 2 N–H and O–H groups in total. The second kappa shape index (κ2) is 10.5. The molecular formula is C27H20Cl2F2N6O2. The maximum absolute atomic E-state index is 14.7. The summed E-state index contributed by atoms with van der Waals surface area (Å²) in [4.78, 5) is 37.3. The van der Waals surface area contributed by atoms with Gasteiger partial charge in [-0.2, -0.15) is 5.10 Å². The third-order valence-corrected chi connectivity index (χ3v) is 6.83. The molecule has 3 aromatic carbocycles. The first-order valence-corrected chi connectivity index (χ1v) is 12.5. The van der Waals surface area contributed by atoms with Gasteiger partial charge in [-0.05, 0) is 55.3 Å². The third kappa shape index (κ3) is 5.25. The number of hydrogen-bond donors (Lipinski definition) is 2. The van der Waals surface area contributed by atoms with Crippen molar-refractivity contribution in [2.75, 3.05) is 6.54 Å². The molecule has 0 aliphatic carbocycles. The van der Waals surface area contributed by atoms with Crippen LogP contribution in [0.2, 0.25) is 10.0 Å². The number of aryl methyl sites for hydroxylation is 2. The summed E-state index contributed by atoms with van der Waals surface area (Å²) in [5.74, 6) is -1.84. The van der Waals surface area contributed by atoms with E-state index in [0.717, 1.165) is 0 Å². The van der Waals surface area contributed by atoms with Crippen molar-refractivity contribution in [2.45, 2.75) is 19.8 Å². The summed E-state index contributed by atoms with van der Waals surface area (Å²) in [7, 11) is 0. The highest BCUT2D eigenvalue weighted by atomic mass is 35.5. The zero-order chi connectivity index (χ0) is 27.8. The van der Waals surface area contributed by atoms with Gasteiger partial charge >= 0.3 is 0 Å². The zero-order valence-electron chi connectivity index (χ0n) is 20.6. The number of nitrogens with one attached hydrogen (secondary N) is 2. The molecule has 0 saturated heterocycles. The van der Waals surface area contributed by atoms with Crippen LogP contribution >= 0.6 is 23.2 Å². The summed E-state index contributed by atoms with van der Waals surface area (Å²) >= 11 is 12.8.